The lowest BCUT2D eigenvalue weighted by molar-refractivity contribution is 0.474. The van der Waals surface area contributed by atoms with Crippen LogP contribution in [0.3, 0.4) is 0 Å². The number of benzene rings is 1. The number of nitrogens with two attached hydrogens (primary N) is 1. The molecule has 0 bridgehead atoms. The Labute approximate surface area is 82.6 Å². The van der Waals surface area contributed by atoms with Crippen molar-refractivity contribution in [2.24, 2.45) is 5.73 Å². The molecule has 1 aromatic rings. The van der Waals surface area contributed by atoms with Crippen LogP contribution in [0.25, 0.3) is 6.08 Å². The highest BCUT2D eigenvalue weighted by atomic mass is 35.5. The second-order valence-corrected chi connectivity index (χ2v) is 3.30. The highest BCUT2D eigenvalue weighted by molar-refractivity contribution is 6.32. The van der Waals surface area contributed by atoms with Crippen LogP contribution in [0.15, 0.2) is 24.3 Å². The van der Waals surface area contributed by atoms with Gasteiger partial charge in [0.2, 0.25) is 0 Å². The molecule has 0 heterocycles. The summed E-state index contributed by atoms with van der Waals surface area (Å²) in [6, 6.07) is 5.17. The molecule has 0 saturated heterocycles. The Balaban J connectivity index is 2.95. The average molecular weight is 198 g/mol. The van der Waals surface area contributed by atoms with Gasteiger partial charge >= 0.3 is 0 Å². The van der Waals surface area contributed by atoms with Gasteiger partial charge in [-0.3, -0.25) is 0 Å². The van der Waals surface area contributed by atoms with E-state index in [0.29, 0.717) is 10.6 Å². The lowest BCUT2D eigenvalue weighted by Crippen LogP contribution is -2.09. The lowest BCUT2D eigenvalue weighted by Gasteiger charge is -2.01. The van der Waals surface area contributed by atoms with E-state index >= 15 is 0 Å². The minimum absolute atomic E-state index is 0.0293. The van der Waals surface area contributed by atoms with Gasteiger partial charge in [0.25, 0.3) is 0 Å². The van der Waals surface area contributed by atoms with Crippen molar-refractivity contribution in [2.75, 3.05) is 0 Å². The van der Waals surface area contributed by atoms with Crippen molar-refractivity contribution < 1.29 is 5.11 Å². The Morgan fingerprint density at radius 1 is 1.54 bits per heavy atom. The number of rotatable bonds is 2. The molecular formula is C10H12ClNO. The molecule has 0 saturated carbocycles. The summed E-state index contributed by atoms with van der Waals surface area (Å²) in [5, 5.41) is 9.84. The van der Waals surface area contributed by atoms with Crippen LogP contribution in [0.2, 0.25) is 5.02 Å². The van der Waals surface area contributed by atoms with Gasteiger partial charge < -0.3 is 10.8 Å². The van der Waals surface area contributed by atoms with Crippen LogP contribution in [0, 0.1) is 0 Å². The van der Waals surface area contributed by atoms with Crippen LogP contribution in [0.5, 0.6) is 5.75 Å². The number of phenolic OH excluding ortho intramolecular Hbond substituents is 1. The molecule has 1 aromatic carbocycles. The number of hydrogen-bond acceptors (Lipinski definition) is 2. The Kier molecular flexibility index (Phi) is 3.34. The minimum atomic E-state index is -0.0293. The molecule has 1 atom stereocenters. The summed E-state index contributed by atoms with van der Waals surface area (Å²) in [5.74, 6) is 0.0982. The Bertz CT molecular complexity index is 321. The fraction of sp³-hybridized carbons (Fsp3) is 0.200. The second-order valence-electron chi connectivity index (χ2n) is 2.90. The number of aromatic hydroxyl groups is 1. The first kappa shape index (κ1) is 10.1. The summed E-state index contributed by atoms with van der Waals surface area (Å²) < 4.78 is 0. The van der Waals surface area contributed by atoms with Gasteiger partial charge in [0, 0.05) is 11.6 Å². The van der Waals surface area contributed by atoms with Crippen LogP contribution in [-0.2, 0) is 0 Å². The first-order valence-electron chi connectivity index (χ1n) is 4.02. The third kappa shape index (κ3) is 2.76. The van der Waals surface area contributed by atoms with Crippen molar-refractivity contribution in [3.8, 4) is 5.75 Å². The molecule has 0 aliphatic rings. The standard InChI is InChI=1S/C10H12ClNO/c1-7(12)5-6-8-3-2-4-9(11)10(8)13/h2-7,13H,12H2,1H3/b6-5+. The van der Waals surface area contributed by atoms with Crippen LogP contribution < -0.4 is 5.73 Å². The van der Waals surface area contributed by atoms with E-state index in [0.717, 1.165) is 0 Å². The zero-order chi connectivity index (χ0) is 9.84. The topological polar surface area (TPSA) is 46.2 Å². The fourth-order valence-electron chi connectivity index (χ4n) is 0.922. The molecule has 70 valence electrons. The molecule has 0 radical (unpaired) electrons. The van der Waals surface area contributed by atoms with Crippen molar-refractivity contribution in [1.29, 1.82) is 0 Å². The third-order valence-corrected chi connectivity index (χ3v) is 1.90. The van der Waals surface area contributed by atoms with Crippen molar-refractivity contribution in [3.05, 3.63) is 34.9 Å². The fourth-order valence-corrected chi connectivity index (χ4v) is 1.10. The summed E-state index contributed by atoms with van der Waals surface area (Å²) in [5.41, 5.74) is 6.21. The highest BCUT2D eigenvalue weighted by Gasteiger charge is 2.00. The molecule has 0 aromatic heterocycles. The van der Waals surface area contributed by atoms with Gasteiger partial charge in [-0.05, 0) is 13.0 Å². The SMILES string of the molecule is CC(N)/C=C/c1cccc(Cl)c1O. The second kappa shape index (κ2) is 4.30. The smallest absolute Gasteiger partial charge is 0.141 e. The van der Waals surface area contributed by atoms with Crippen LogP contribution in [0.1, 0.15) is 12.5 Å². The van der Waals surface area contributed by atoms with E-state index in [9.17, 15) is 5.11 Å². The van der Waals surface area contributed by atoms with Crippen molar-refractivity contribution in [1.82, 2.24) is 0 Å². The van der Waals surface area contributed by atoms with E-state index in [1.165, 1.54) is 0 Å². The molecule has 2 nitrogen and oxygen atoms in total. The lowest BCUT2D eigenvalue weighted by atomic mass is 10.1. The van der Waals surface area contributed by atoms with Gasteiger partial charge in [-0.25, -0.2) is 0 Å². The van der Waals surface area contributed by atoms with E-state index in [1.807, 2.05) is 6.92 Å². The number of phenols is 1. The highest BCUT2D eigenvalue weighted by Crippen LogP contribution is 2.27. The van der Waals surface area contributed by atoms with Crippen molar-refractivity contribution in [2.45, 2.75) is 13.0 Å². The largest absolute Gasteiger partial charge is 0.506 e. The number of para-hydroxylation sites is 1. The number of halogens is 1. The maximum absolute atomic E-state index is 9.49. The molecular weight excluding hydrogens is 186 g/mol. The molecule has 0 spiro atoms. The number of hydrogen-bond donors (Lipinski definition) is 2. The molecule has 3 N–H and O–H groups in total. The Hall–Kier alpha value is -0.990. The summed E-state index contributed by atoms with van der Waals surface area (Å²) in [6.45, 7) is 1.86. The zero-order valence-corrected chi connectivity index (χ0v) is 8.12. The average Bonchev–Trinajstić information content (AvgIpc) is 2.07. The first-order valence-corrected chi connectivity index (χ1v) is 4.40. The van der Waals surface area contributed by atoms with Crippen molar-refractivity contribution >= 4 is 17.7 Å². The van der Waals surface area contributed by atoms with Gasteiger partial charge in [-0.2, -0.15) is 0 Å². The van der Waals surface area contributed by atoms with E-state index in [1.54, 1.807) is 30.4 Å². The van der Waals surface area contributed by atoms with E-state index < -0.39 is 0 Å². The Morgan fingerprint density at radius 2 is 2.23 bits per heavy atom. The summed E-state index contributed by atoms with van der Waals surface area (Å²) in [4.78, 5) is 0. The van der Waals surface area contributed by atoms with Gasteiger partial charge in [-0.1, -0.05) is 35.9 Å². The van der Waals surface area contributed by atoms with E-state index in [4.69, 9.17) is 17.3 Å². The van der Waals surface area contributed by atoms with Crippen molar-refractivity contribution in [3.63, 3.8) is 0 Å². The Morgan fingerprint density at radius 3 is 2.85 bits per heavy atom. The minimum Gasteiger partial charge on any atom is -0.506 e. The maximum Gasteiger partial charge on any atom is 0.141 e. The van der Waals surface area contributed by atoms with Crippen LogP contribution in [-0.4, -0.2) is 11.1 Å². The van der Waals surface area contributed by atoms with Crippen LogP contribution >= 0.6 is 11.6 Å². The molecule has 0 aliphatic heterocycles. The predicted octanol–water partition coefficient (Wildman–Crippen LogP) is 2.41. The van der Waals surface area contributed by atoms with E-state index in [2.05, 4.69) is 0 Å². The first-order chi connectivity index (χ1) is 6.11. The van der Waals surface area contributed by atoms with Gasteiger partial charge in [0.05, 0.1) is 5.02 Å². The van der Waals surface area contributed by atoms with E-state index in [-0.39, 0.29) is 11.8 Å². The molecule has 0 aliphatic carbocycles. The maximum atomic E-state index is 9.49. The molecule has 0 amide bonds. The monoisotopic (exact) mass is 197 g/mol. The van der Waals surface area contributed by atoms with Gasteiger partial charge in [-0.15, -0.1) is 0 Å². The predicted molar refractivity (Wildman–Crippen MR) is 55.8 cm³/mol. The van der Waals surface area contributed by atoms with Crippen LogP contribution in [0.4, 0.5) is 0 Å². The molecule has 13 heavy (non-hydrogen) atoms. The third-order valence-electron chi connectivity index (χ3n) is 1.60. The molecule has 1 unspecified atom stereocenters. The van der Waals surface area contributed by atoms with Gasteiger partial charge in [0.15, 0.2) is 0 Å². The molecule has 1 rings (SSSR count). The van der Waals surface area contributed by atoms with Gasteiger partial charge in [0.1, 0.15) is 5.75 Å². The molecule has 3 heteroatoms. The molecule has 0 fully saturated rings. The summed E-state index contributed by atoms with van der Waals surface area (Å²) >= 11 is 5.71. The quantitative estimate of drug-likeness (QED) is 0.765. The zero-order valence-electron chi connectivity index (χ0n) is 7.37. The summed E-state index contributed by atoms with van der Waals surface area (Å²) in [7, 11) is 0. The summed E-state index contributed by atoms with van der Waals surface area (Å²) in [6.07, 6.45) is 3.55. The normalized spacial score (nSPS) is 13.5.